The molecule has 2 aliphatic heterocycles. The smallest absolute Gasteiger partial charge is 0.0598 e. The van der Waals surface area contributed by atoms with Crippen LogP contribution in [0.2, 0.25) is 23.7 Å². The number of ether oxygens (including phenoxy) is 1. The first-order valence-corrected chi connectivity index (χ1v) is 28.0. The molecule has 0 aromatic heterocycles. The number of fused-ring (bicyclic) bond motifs is 10. The summed E-state index contributed by atoms with van der Waals surface area (Å²) >= 11 is 0. The molecule has 14 atom stereocenters. The molecule has 2 aromatic rings. The first-order valence-electron chi connectivity index (χ1n) is 25.2. The second kappa shape index (κ2) is 16.2. The minimum atomic E-state index is -1.87. The summed E-state index contributed by atoms with van der Waals surface area (Å²) in [5.41, 5.74) is 5.20. The first kappa shape index (κ1) is 39.4. The van der Waals surface area contributed by atoms with Gasteiger partial charge < -0.3 is 14.5 Å². The molecule has 0 N–H and O–H groups in total. The van der Waals surface area contributed by atoms with Crippen LogP contribution >= 0.6 is 0 Å². The van der Waals surface area contributed by atoms with Crippen LogP contribution in [0, 0.1) is 47.3 Å². The fourth-order valence-corrected chi connectivity index (χ4v) is 25.1. The van der Waals surface area contributed by atoms with Crippen molar-refractivity contribution in [3.63, 3.8) is 0 Å². The fourth-order valence-electron chi connectivity index (χ4n) is 17.5. The molecule has 312 valence electrons. The van der Waals surface area contributed by atoms with Crippen LogP contribution < -0.4 is 9.80 Å². The zero-order chi connectivity index (χ0) is 38.7. The van der Waals surface area contributed by atoms with Crippen molar-refractivity contribution in [3.05, 3.63) is 60.7 Å². The maximum atomic E-state index is 6.25. The van der Waals surface area contributed by atoms with Gasteiger partial charge in [0, 0.05) is 42.1 Å². The normalized spacial score (nSPS) is 40.8. The average Bonchev–Trinajstić information content (AvgIpc) is 3.96. The molecular formula is C53H80N2OSi. The Morgan fingerprint density at radius 2 is 0.912 bits per heavy atom. The highest BCUT2D eigenvalue weighted by Gasteiger charge is 2.72. The highest BCUT2D eigenvalue weighted by Crippen LogP contribution is 2.73. The van der Waals surface area contributed by atoms with Crippen LogP contribution in [0.15, 0.2) is 60.7 Å². The number of benzene rings is 2. The fraction of sp³-hybridized carbons (Fsp3) is 0.774. The number of para-hydroxylation sites is 2. The van der Waals surface area contributed by atoms with E-state index < -0.39 is 8.07 Å². The summed E-state index contributed by atoms with van der Waals surface area (Å²) < 4.78 is 6.25. The average molecular weight is 789 g/mol. The number of anilines is 2. The van der Waals surface area contributed by atoms with Gasteiger partial charge >= 0.3 is 0 Å². The predicted molar refractivity (Wildman–Crippen MR) is 243 cm³/mol. The van der Waals surface area contributed by atoms with Crippen LogP contribution in [0.3, 0.4) is 0 Å². The number of hydrogen-bond donors (Lipinski definition) is 0. The zero-order valence-corrected chi connectivity index (χ0v) is 37.7. The maximum absolute atomic E-state index is 6.25. The van der Waals surface area contributed by atoms with E-state index in [1.165, 1.54) is 116 Å². The minimum absolute atomic E-state index is 0.0195. The molecule has 6 saturated carbocycles. The van der Waals surface area contributed by atoms with E-state index >= 15 is 0 Å². The molecule has 0 spiro atoms. The molecule has 4 heteroatoms. The Balaban J connectivity index is 1.07. The predicted octanol–water partition coefficient (Wildman–Crippen LogP) is 13.9. The van der Waals surface area contributed by atoms with Crippen molar-refractivity contribution in [2.75, 3.05) is 16.4 Å². The van der Waals surface area contributed by atoms with E-state index in [2.05, 4.69) is 97.8 Å². The van der Waals surface area contributed by atoms with Crippen molar-refractivity contribution >= 4 is 19.4 Å². The maximum Gasteiger partial charge on any atom is 0.0598 e. The first-order chi connectivity index (χ1) is 27.9. The number of unbranched alkanes of at least 4 members (excludes halogenated alkanes) is 3. The van der Waals surface area contributed by atoms with Gasteiger partial charge in [0.1, 0.15) is 0 Å². The Kier molecular flexibility index (Phi) is 11.2. The Morgan fingerprint density at radius 3 is 1.37 bits per heavy atom. The van der Waals surface area contributed by atoms with Gasteiger partial charge in [0.25, 0.3) is 0 Å². The van der Waals surface area contributed by atoms with Crippen molar-refractivity contribution < 1.29 is 4.74 Å². The van der Waals surface area contributed by atoms with Gasteiger partial charge in [0.2, 0.25) is 0 Å². The van der Waals surface area contributed by atoms with Crippen LogP contribution in [-0.4, -0.2) is 44.4 Å². The van der Waals surface area contributed by atoms with Crippen LogP contribution in [0.1, 0.15) is 149 Å². The van der Waals surface area contributed by atoms with E-state index in [1.54, 1.807) is 30.3 Å². The van der Waals surface area contributed by atoms with E-state index in [1.807, 2.05) is 0 Å². The number of nitrogens with zero attached hydrogens (tertiary/aromatic N) is 2. The second-order valence-electron chi connectivity index (χ2n) is 22.6. The van der Waals surface area contributed by atoms with Crippen molar-refractivity contribution in [1.29, 1.82) is 0 Å². The van der Waals surface area contributed by atoms with E-state index in [0.29, 0.717) is 0 Å². The summed E-state index contributed by atoms with van der Waals surface area (Å²) in [7, 11) is -1.87. The molecule has 57 heavy (non-hydrogen) atoms. The van der Waals surface area contributed by atoms with Gasteiger partial charge in [-0.15, -0.1) is 0 Å². The Hall–Kier alpha value is -1.78. The molecule has 8 aliphatic rings. The minimum Gasteiger partial charge on any atom is -0.376 e. The van der Waals surface area contributed by atoms with Crippen LogP contribution in [0.5, 0.6) is 0 Å². The summed E-state index contributed by atoms with van der Waals surface area (Å²) in [5.74, 6) is 7.54. The van der Waals surface area contributed by atoms with Crippen LogP contribution in [-0.2, 0) is 4.74 Å². The summed E-state index contributed by atoms with van der Waals surface area (Å²) in [6.07, 6.45) is 29.4. The quantitative estimate of drug-likeness (QED) is 0.167. The summed E-state index contributed by atoms with van der Waals surface area (Å²) in [6, 6.07) is 28.8. The van der Waals surface area contributed by atoms with Crippen molar-refractivity contribution in [3.8, 4) is 0 Å². The number of hydrogen-bond acceptors (Lipinski definition) is 3. The van der Waals surface area contributed by atoms with E-state index in [0.717, 1.165) is 89.2 Å². The summed E-state index contributed by atoms with van der Waals surface area (Å²) in [4.78, 5) is 6.35. The van der Waals surface area contributed by atoms with E-state index in [4.69, 9.17) is 4.74 Å². The van der Waals surface area contributed by atoms with Gasteiger partial charge in [-0.3, -0.25) is 0 Å². The molecule has 2 heterocycles. The molecular weight excluding hydrogens is 709 g/mol. The third-order valence-corrected chi connectivity index (χ3v) is 25.0. The topological polar surface area (TPSA) is 15.7 Å². The second-order valence-corrected chi connectivity index (χ2v) is 27.4. The van der Waals surface area contributed by atoms with E-state index in [-0.39, 0.29) is 5.60 Å². The van der Waals surface area contributed by atoms with Crippen molar-refractivity contribution in [2.45, 2.75) is 203 Å². The third kappa shape index (κ3) is 6.91. The zero-order valence-electron chi connectivity index (χ0n) is 36.7. The Bertz CT molecular complexity index is 1520. The third-order valence-electron chi connectivity index (χ3n) is 18.9. The molecule has 3 nitrogen and oxygen atoms in total. The van der Waals surface area contributed by atoms with Gasteiger partial charge in [-0.05, 0) is 148 Å². The number of rotatable bonds is 11. The van der Waals surface area contributed by atoms with Gasteiger partial charge in [0.15, 0.2) is 0 Å². The Morgan fingerprint density at radius 1 is 0.509 bits per heavy atom. The van der Waals surface area contributed by atoms with Crippen molar-refractivity contribution in [1.82, 2.24) is 0 Å². The lowest BCUT2D eigenvalue weighted by Crippen LogP contribution is -2.52. The molecule has 0 bridgehead atoms. The molecule has 2 saturated heterocycles. The highest BCUT2D eigenvalue weighted by atomic mass is 28.3. The summed E-state index contributed by atoms with van der Waals surface area (Å²) in [6.45, 7) is 10.8. The largest absolute Gasteiger partial charge is 0.376 e. The van der Waals surface area contributed by atoms with E-state index in [9.17, 15) is 0 Å². The lowest BCUT2D eigenvalue weighted by molar-refractivity contribution is -0.00471. The Labute approximate surface area is 349 Å². The van der Waals surface area contributed by atoms with Crippen LogP contribution in [0.4, 0.5) is 11.4 Å². The molecule has 10 rings (SSSR count). The van der Waals surface area contributed by atoms with Gasteiger partial charge in [-0.2, -0.15) is 0 Å². The molecule has 6 aliphatic carbocycles. The van der Waals surface area contributed by atoms with Gasteiger partial charge in [0.05, 0.1) is 13.7 Å². The lowest BCUT2D eigenvalue weighted by atomic mass is 9.77. The van der Waals surface area contributed by atoms with Gasteiger partial charge in [-0.1, -0.05) is 132 Å². The monoisotopic (exact) mass is 789 g/mol. The molecule has 14 unspecified atom stereocenters. The molecule has 0 amide bonds. The molecule has 2 aromatic carbocycles. The molecule has 0 radical (unpaired) electrons. The van der Waals surface area contributed by atoms with Crippen molar-refractivity contribution in [2.24, 2.45) is 47.3 Å². The van der Waals surface area contributed by atoms with Crippen LogP contribution in [0.25, 0.3) is 0 Å². The SMILES string of the molecule is CC(C)(C)OCCCCCC[Si](C)(C1C2CCCCC2C2C1C1CCCCC1N2c1ccccc1)C1C2CCCCC2C2C1C1CCCCC1N2c1ccccc1. The molecule has 8 fully saturated rings. The lowest BCUT2D eigenvalue weighted by Gasteiger charge is -2.52. The van der Waals surface area contributed by atoms with Gasteiger partial charge in [-0.25, -0.2) is 0 Å². The summed E-state index contributed by atoms with van der Waals surface area (Å²) in [5, 5.41) is 0. The standard InChI is InChI=1S/C53H80N2OSi/c1-53(2,3)56-35-21-5-6-22-36-57(4,51-41-29-15-13-27-39(41)49-47(51)43-31-17-19-33-45(43)54(49)37-23-9-7-10-24-37)52-42-30-16-14-28-40(42)50-48(52)44-32-18-20-34-46(44)55(50)38-25-11-8-12-26-38/h7-12,23-26,39-52H,5-6,13-22,27-36H2,1-4H3. The highest BCUT2D eigenvalue weighted by molar-refractivity contribution is 6.82.